The first-order chi connectivity index (χ1) is 13.5. The highest BCUT2D eigenvalue weighted by Crippen LogP contribution is 2.16. The lowest BCUT2D eigenvalue weighted by atomic mass is 10.0. The number of carbonyl (C=O) groups is 1. The summed E-state index contributed by atoms with van der Waals surface area (Å²) >= 11 is 5.95. The van der Waals surface area contributed by atoms with E-state index < -0.39 is 5.97 Å². The van der Waals surface area contributed by atoms with Crippen LogP contribution in [-0.2, 0) is 11.2 Å². The summed E-state index contributed by atoms with van der Waals surface area (Å²) in [4.78, 5) is 22.0. The largest absolute Gasteiger partial charge is 0.478 e. The van der Waals surface area contributed by atoms with Gasteiger partial charge >= 0.3 is 5.97 Å². The molecule has 1 aliphatic heterocycles. The standard InChI is InChI=1S/C21H25ClN4O2/c1-15(21(27)28)11-19-12-24-20(13-23-19)25-18-3-2-9-26(14-18)10-8-16-4-6-17(22)7-5-16/h4-7,11-13,18H,2-3,8-10,14H2,1H3,(H,24,25)(H,27,28)/t18-/m1/s1. The van der Waals surface area contributed by atoms with Crippen molar-refractivity contribution < 1.29 is 9.90 Å². The first-order valence-corrected chi connectivity index (χ1v) is 9.84. The van der Waals surface area contributed by atoms with Crippen molar-refractivity contribution in [2.45, 2.75) is 32.2 Å². The van der Waals surface area contributed by atoms with E-state index >= 15 is 0 Å². The van der Waals surface area contributed by atoms with Crippen LogP contribution >= 0.6 is 11.6 Å². The fourth-order valence-electron chi connectivity index (χ4n) is 3.29. The summed E-state index contributed by atoms with van der Waals surface area (Å²) in [5.41, 5.74) is 2.07. The van der Waals surface area contributed by atoms with Crippen LogP contribution in [0.2, 0.25) is 5.02 Å². The fraction of sp³-hybridized carbons (Fsp3) is 0.381. The molecule has 0 amide bonds. The number of nitrogens with one attached hydrogen (secondary N) is 1. The van der Waals surface area contributed by atoms with Crippen molar-refractivity contribution >= 4 is 29.5 Å². The molecule has 1 aromatic heterocycles. The molecule has 2 N–H and O–H groups in total. The summed E-state index contributed by atoms with van der Waals surface area (Å²) in [6.45, 7) is 4.63. The number of aromatic nitrogens is 2. The van der Waals surface area contributed by atoms with E-state index in [2.05, 4.69) is 32.3 Å². The molecule has 3 rings (SSSR count). The summed E-state index contributed by atoms with van der Waals surface area (Å²) in [5, 5.41) is 13.1. The monoisotopic (exact) mass is 400 g/mol. The molecule has 28 heavy (non-hydrogen) atoms. The summed E-state index contributed by atoms with van der Waals surface area (Å²) in [6.07, 6.45) is 8.01. The van der Waals surface area contributed by atoms with Crippen molar-refractivity contribution in [3.05, 3.63) is 58.5 Å². The van der Waals surface area contributed by atoms with Gasteiger partial charge in [-0.15, -0.1) is 0 Å². The average Bonchev–Trinajstić information content (AvgIpc) is 2.69. The lowest BCUT2D eigenvalue weighted by Gasteiger charge is -2.33. The van der Waals surface area contributed by atoms with E-state index in [4.69, 9.17) is 16.7 Å². The van der Waals surface area contributed by atoms with E-state index in [-0.39, 0.29) is 5.57 Å². The van der Waals surface area contributed by atoms with Gasteiger partial charge in [0.25, 0.3) is 0 Å². The molecule has 0 bridgehead atoms. The molecular formula is C21H25ClN4O2. The van der Waals surface area contributed by atoms with Gasteiger partial charge in [-0.05, 0) is 56.5 Å². The average molecular weight is 401 g/mol. The normalized spacial score (nSPS) is 18.1. The third kappa shape index (κ3) is 6.04. The number of benzene rings is 1. The molecule has 1 aromatic carbocycles. The molecule has 7 heteroatoms. The van der Waals surface area contributed by atoms with Gasteiger partial charge in [0.2, 0.25) is 0 Å². The van der Waals surface area contributed by atoms with Gasteiger partial charge in [-0.3, -0.25) is 4.98 Å². The Balaban J connectivity index is 1.51. The third-order valence-electron chi connectivity index (χ3n) is 4.86. The van der Waals surface area contributed by atoms with Crippen LogP contribution in [0.4, 0.5) is 5.82 Å². The number of hydrogen-bond acceptors (Lipinski definition) is 5. The van der Waals surface area contributed by atoms with Crippen molar-refractivity contribution in [1.29, 1.82) is 0 Å². The minimum atomic E-state index is -0.954. The molecule has 6 nitrogen and oxygen atoms in total. The van der Waals surface area contributed by atoms with E-state index in [9.17, 15) is 4.79 Å². The molecule has 148 valence electrons. The van der Waals surface area contributed by atoms with Crippen molar-refractivity contribution in [3.8, 4) is 0 Å². The Morgan fingerprint density at radius 1 is 1.32 bits per heavy atom. The van der Waals surface area contributed by atoms with Gasteiger partial charge in [-0.2, -0.15) is 0 Å². The van der Waals surface area contributed by atoms with Crippen LogP contribution in [0.1, 0.15) is 31.0 Å². The van der Waals surface area contributed by atoms with Crippen LogP contribution < -0.4 is 5.32 Å². The summed E-state index contributed by atoms with van der Waals surface area (Å²) < 4.78 is 0. The number of hydrogen-bond donors (Lipinski definition) is 2. The lowest BCUT2D eigenvalue weighted by molar-refractivity contribution is -0.132. The maximum atomic E-state index is 10.9. The number of carboxylic acid groups (broad SMARTS) is 1. The van der Waals surface area contributed by atoms with E-state index in [0.29, 0.717) is 11.7 Å². The smallest absolute Gasteiger partial charge is 0.331 e. The first kappa shape index (κ1) is 20.3. The van der Waals surface area contributed by atoms with Crippen LogP contribution in [0.5, 0.6) is 0 Å². The van der Waals surface area contributed by atoms with Gasteiger partial charge in [0, 0.05) is 29.7 Å². The molecule has 0 radical (unpaired) electrons. The topological polar surface area (TPSA) is 78.4 Å². The van der Waals surface area contributed by atoms with Gasteiger partial charge in [0.05, 0.1) is 18.1 Å². The summed E-state index contributed by atoms with van der Waals surface area (Å²) in [6, 6.07) is 8.37. The number of halogens is 1. The van der Waals surface area contributed by atoms with Crippen LogP contribution in [0.15, 0.2) is 42.2 Å². The van der Waals surface area contributed by atoms with Gasteiger partial charge in [0.1, 0.15) is 5.82 Å². The molecule has 0 saturated carbocycles. The number of likely N-dealkylation sites (tertiary alicyclic amines) is 1. The Morgan fingerprint density at radius 2 is 2.11 bits per heavy atom. The second-order valence-corrected chi connectivity index (χ2v) is 7.56. The quantitative estimate of drug-likeness (QED) is 0.689. The molecule has 0 aliphatic carbocycles. The zero-order valence-electron chi connectivity index (χ0n) is 15.9. The van der Waals surface area contributed by atoms with Crippen LogP contribution in [0.25, 0.3) is 6.08 Å². The molecule has 1 saturated heterocycles. The predicted molar refractivity (Wildman–Crippen MR) is 112 cm³/mol. The summed E-state index contributed by atoms with van der Waals surface area (Å²) in [7, 11) is 0. The van der Waals surface area contributed by atoms with Crippen molar-refractivity contribution in [2.24, 2.45) is 0 Å². The number of anilines is 1. The van der Waals surface area contributed by atoms with Gasteiger partial charge in [-0.1, -0.05) is 23.7 Å². The molecule has 0 spiro atoms. The number of aliphatic carboxylic acids is 1. The highest BCUT2D eigenvalue weighted by atomic mass is 35.5. The van der Waals surface area contributed by atoms with Crippen LogP contribution in [0, 0.1) is 0 Å². The Bertz CT molecular complexity index is 821. The summed E-state index contributed by atoms with van der Waals surface area (Å²) in [5.74, 6) is -0.237. The van der Waals surface area contributed by atoms with Gasteiger partial charge in [0.15, 0.2) is 0 Å². The number of piperidine rings is 1. The first-order valence-electron chi connectivity index (χ1n) is 9.46. The molecule has 1 aliphatic rings. The fourth-order valence-corrected chi connectivity index (χ4v) is 3.42. The number of nitrogens with zero attached hydrogens (tertiary/aromatic N) is 3. The lowest BCUT2D eigenvalue weighted by Crippen LogP contribution is -2.43. The van der Waals surface area contributed by atoms with Crippen LogP contribution in [0.3, 0.4) is 0 Å². The maximum Gasteiger partial charge on any atom is 0.331 e. The number of rotatable bonds is 7. The molecule has 0 unspecified atom stereocenters. The van der Waals surface area contributed by atoms with Crippen molar-refractivity contribution in [3.63, 3.8) is 0 Å². The van der Waals surface area contributed by atoms with Crippen molar-refractivity contribution in [1.82, 2.24) is 14.9 Å². The van der Waals surface area contributed by atoms with Crippen molar-refractivity contribution in [2.75, 3.05) is 25.0 Å². The van der Waals surface area contributed by atoms with E-state index in [0.717, 1.165) is 49.7 Å². The second kappa shape index (κ2) is 9.66. The maximum absolute atomic E-state index is 10.9. The van der Waals surface area contributed by atoms with Gasteiger partial charge in [-0.25, -0.2) is 9.78 Å². The van der Waals surface area contributed by atoms with E-state index in [1.807, 2.05) is 12.1 Å². The Labute approximate surface area is 170 Å². The second-order valence-electron chi connectivity index (χ2n) is 7.12. The molecule has 2 heterocycles. The van der Waals surface area contributed by atoms with E-state index in [1.165, 1.54) is 18.6 Å². The van der Waals surface area contributed by atoms with Crippen LogP contribution in [-0.4, -0.2) is 51.6 Å². The predicted octanol–water partition coefficient (Wildman–Crippen LogP) is 3.74. The minimum absolute atomic E-state index is 0.235. The third-order valence-corrected chi connectivity index (χ3v) is 5.11. The SMILES string of the molecule is CC(=Cc1cnc(N[C@@H]2CCCN(CCc3ccc(Cl)cc3)C2)cn1)C(=O)O. The Hall–Kier alpha value is -2.44. The zero-order valence-corrected chi connectivity index (χ0v) is 16.7. The molecule has 1 fully saturated rings. The number of carboxylic acids is 1. The molecule has 1 atom stereocenters. The highest BCUT2D eigenvalue weighted by Gasteiger charge is 2.20. The molecule has 2 aromatic rings. The Kier molecular flexibility index (Phi) is 7.01. The van der Waals surface area contributed by atoms with E-state index in [1.54, 1.807) is 12.4 Å². The highest BCUT2D eigenvalue weighted by molar-refractivity contribution is 6.30. The molecular weight excluding hydrogens is 376 g/mol. The Morgan fingerprint density at radius 3 is 2.79 bits per heavy atom. The van der Waals surface area contributed by atoms with Gasteiger partial charge < -0.3 is 15.3 Å². The zero-order chi connectivity index (χ0) is 19.9. The minimum Gasteiger partial charge on any atom is -0.478 e.